The van der Waals surface area contributed by atoms with Crippen LogP contribution >= 0.6 is 0 Å². The van der Waals surface area contributed by atoms with Gasteiger partial charge in [-0.25, -0.2) is 0 Å². The topological polar surface area (TPSA) is 70.2 Å². The number of benzene rings is 2. The van der Waals surface area contributed by atoms with Gasteiger partial charge in [0.15, 0.2) is 0 Å². The van der Waals surface area contributed by atoms with E-state index in [2.05, 4.69) is 16.0 Å². The van der Waals surface area contributed by atoms with Crippen molar-refractivity contribution >= 4 is 23.2 Å². The first-order chi connectivity index (χ1) is 11.7. The number of carbonyl (C=O) groups is 2. The summed E-state index contributed by atoms with van der Waals surface area (Å²) in [7, 11) is 0. The van der Waals surface area contributed by atoms with E-state index in [9.17, 15) is 9.59 Å². The van der Waals surface area contributed by atoms with Crippen LogP contribution < -0.4 is 16.0 Å². The molecule has 0 aliphatic heterocycles. The quantitative estimate of drug-likeness (QED) is 0.698. The van der Waals surface area contributed by atoms with Crippen LogP contribution in [0.2, 0.25) is 0 Å². The Morgan fingerprint density at radius 2 is 1.54 bits per heavy atom. The molecule has 0 aromatic heterocycles. The average molecular weight is 325 g/mol. The van der Waals surface area contributed by atoms with Gasteiger partial charge in [0.1, 0.15) is 0 Å². The van der Waals surface area contributed by atoms with Crippen molar-refractivity contribution in [1.29, 1.82) is 0 Å². The lowest BCUT2D eigenvalue weighted by Gasteiger charge is -2.09. The van der Waals surface area contributed by atoms with E-state index in [1.54, 1.807) is 0 Å². The number of carbonyl (C=O) groups excluding carboxylic acids is 2. The third-order valence-corrected chi connectivity index (χ3v) is 3.43. The highest BCUT2D eigenvalue weighted by atomic mass is 16.2. The predicted molar refractivity (Wildman–Crippen MR) is 96.8 cm³/mol. The van der Waals surface area contributed by atoms with E-state index in [0.29, 0.717) is 13.0 Å². The molecule has 0 spiro atoms. The molecule has 2 rings (SSSR count). The lowest BCUT2D eigenvalue weighted by Crippen LogP contribution is -2.29. The van der Waals surface area contributed by atoms with Gasteiger partial charge in [-0.3, -0.25) is 9.59 Å². The van der Waals surface area contributed by atoms with Crippen molar-refractivity contribution in [3.05, 3.63) is 60.2 Å². The Morgan fingerprint density at radius 3 is 2.21 bits per heavy atom. The molecule has 0 heterocycles. The Bertz CT molecular complexity index is 654. The average Bonchev–Trinajstić information content (AvgIpc) is 2.60. The summed E-state index contributed by atoms with van der Waals surface area (Å²) >= 11 is 0. The van der Waals surface area contributed by atoms with Gasteiger partial charge in [0.05, 0.1) is 6.54 Å². The molecule has 0 aliphatic rings. The molecule has 0 saturated heterocycles. The zero-order valence-corrected chi connectivity index (χ0v) is 13.8. The van der Waals surface area contributed by atoms with E-state index in [1.165, 1.54) is 0 Å². The number of hydrogen-bond donors (Lipinski definition) is 3. The van der Waals surface area contributed by atoms with Gasteiger partial charge >= 0.3 is 0 Å². The van der Waals surface area contributed by atoms with Gasteiger partial charge in [-0.2, -0.15) is 0 Å². The SMILES string of the molecule is CCCC(=O)Nc1ccc(NCC(=O)NCc2ccccc2)cc1. The molecule has 0 aliphatic carbocycles. The second-order valence-electron chi connectivity index (χ2n) is 5.49. The Labute approximate surface area is 142 Å². The molecule has 24 heavy (non-hydrogen) atoms. The van der Waals surface area contributed by atoms with E-state index in [4.69, 9.17) is 0 Å². The number of nitrogens with one attached hydrogen (secondary N) is 3. The van der Waals surface area contributed by atoms with E-state index >= 15 is 0 Å². The Hall–Kier alpha value is -2.82. The fourth-order valence-corrected chi connectivity index (χ4v) is 2.16. The zero-order valence-electron chi connectivity index (χ0n) is 13.8. The smallest absolute Gasteiger partial charge is 0.239 e. The molecule has 0 fully saturated rings. The Morgan fingerprint density at radius 1 is 0.875 bits per heavy atom. The highest BCUT2D eigenvalue weighted by Gasteiger charge is 2.03. The van der Waals surface area contributed by atoms with Crippen LogP contribution in [0.3, 0.4) is 0 Å². The van der Waals surface area contributed by atoms with E-state index in [-0.39, 0.29) is 18.4 Å². The minimum absolute atomic E-state index is 0.0125. The van der Waals surface area contributed by atoms with Crippen LogP contribution in [-0.2, 0) is 16.1 Å². The predicted octanol–water partition coefficient (Wildman–Crippen LogP) is 3.15. The summed E-state index contributed by atoms with van der Waals surface area (Å²) in [5.41, 5.74) is 2.66. The van der Waals surface area contributed by atoms with Gasteiger partial charge in [0.25, 0.3) is 0 Å². The van der Waals surface area contributed by atoms with Crippen molar-refractivity contribution in [3.8, 4) is 0 Å². The second kappa shape index (κ2) is 9.35. The van der Waals surface area contributed by atoms with Gasteiger partial charge in [-0.1, -0.05) is 37.3 Å². The zero-order chi connectivity index (χ0) is 17.2. The molecule has 2 aromatic carbocycles. The minimum atomic E-state index is -0.0702. The van der Waals surface area contributed by atoms with E-state index in [0.717, 1.165) is 23.4 Å². The molecule has 3 N–H and O–H groups in total. The molecule has 0 saturated carbocycles. The van der Waals surface area contributed by atoms with Crippen LogP contribution in [0.25, 0.3) is 0 Å². The Kier molecular flexibility index (Phi) is 6.83. The van der Waals surface area contributed by atoms with Gasteiger partial charge < -0.3 is 16.0 Å². The Balaban J connectivity index is 1.73. The minimum Gasteiger partial charge on any atom is -0.376 e. The molecule has 5 nitrogen and oxygen atoms in total. The molecule has 0 radical (unpaired) electrons. The maximum Gasteiger partial charge on any atom is 0.239 e. The molecule has 2 amide bonds. The van der Waals surface area contributed by atoms with Gasteiger partial charge in [-0.05, 0) is 36.2 Å². The molecule has 2 aromatic rings. The molecule has 0 atom stereocenters. The van der Waals surface area contributed by atoms with Gasteiger partial charge in [0.2, 0.25) is 11.8 Å². The van der Waals surface area contributed by atoms with Gasteiger partial charge in [0, 0.05) is 24.3 Å². The van der Waals surface area contributed by atoms with Gasteiger partial charge in [-0.15, -0.1) is 0 Å². The maximum atomic E-state index is 11.8. The first-order valence-electron chi connectivity index (χ1n) is 8.12. The summed E-state index contributed by atoms with van der Waals surface area (Å²) in [6.07, 6.45) is 1.34. The van der Waals surface area contributed by atoms with Crippen LogP contribution in [0.1, 0.15) is 25.3 Å². The summed E-state index contributed by atoms with van der Waals surface area (Å²) in [6.45, 7) is 2.69. The summed E-state index contributed by atoms with van der Waals surface area (Å²) in [6, 6.07) is 17.1. The van der Waals surface area contributed by atoms with E-state index in [1.807, 2.05) is 61.5 Å². The van der Waals surface area contributed by atoms with Crippen molar-refractivity contribution in [2.45, 2.75) is 26.3 Å². The molecular weight excluding hydrogens is 302 g/mol. The van der Waals surface area contributed by atoms with Crippen LogP contribution in [0.4, 0.5) is 11.4 Å². The standard InChI is InChI=1S/C19H23N3O2/c1-2-6-18(23)22-17-11-9-16(10-12-17)20-14-19(24)21-13-15-7-4-3-5-8-15/h3-5,7-12,20H,2,6,13-14H2,1H3,(H,21,24)(H,22,23). The highest BCUT2D eigenvalue weighted by molar-refractivity contribution is 5.90. The van der Waals surface area contributed by atoms with Crippen LogP contribution in [0, 0.1) is 0 Å². The van der Waals surface area contributed by atoms with Crippen LogP contribution in [0.5, 0.6) is 0 Å². The van der Waals surface area contributed by atoms with Crippen molar-refractivity contribution in [2.75, 3.05) is 17.2 Å². The fraction of sp³-hybridized carbons (Fsp3) is 0.263. The number of rotatable bonds is 8. The number of anilines is 2. The molecule has 5 heteroatoms. The second-order valence-corrected chi connectivity index (χ2v) is 5.49. The van der Waals surface area contributed by atoms with E-state index < -0.39 is 0 Å². The summed E-state index contributed by atoms with van der Waals surface area (Å²) in [4.78, 5) is 23.4. The third kappa shape index (κ3) is 6.12. The first kappa shape index (κ1) is 17.5. The summed E-state index contributed by atoms with van der Waals surface area (Å²) in [5, 5.41) is 8.75. The lowest BCUT2D eigenvalue weighted by molar-refractivity contribution is -0.119. The van der Waals surface area contributed by atoms with Crippen molar-refractivity contribution < 1.29 is 9.59 Å². The highest BCUT2D eigenvalue weighted by Crippen LogP contribution is 2.13. The summed E-state index contributed by atoms with van der Waals surface area (Å²) < 4.78 is 0. The number of hydrogen-bond acceptors (Lipinski definition) is 3. The summed E-state index contributed by atoms with van der Waals surface area (Å²) in [5.74, 6) is -0.0577. The van der Waals surface area contributed by atoms with Crippen LogP contribution in [0.15, 0.2) is 54.6 Å². The molecular formula is C19H23N3O2. The monoisotopic (exact) mass is 325 g/mol. The van der Waals surface area contributed by atoms with Crippen LogP contribution in [-0.4, -0.2) is 18.4 Å². The third-order valence-electron chi connectivity index (χ3n) is 3.43. The largest absolute Gasteiger partial charge is 0.376 e. The number of amides is 2. The maximum absolute atomic E-state index is 11.8. The fourth-order valence-electron chi connectivity index (χ4n) is 2.16. The molecule has 0 bridgehead atoms. The molecule has 0 unspecified atom stereocenters. The normalized spacial score (nSPS) is 10.0. The lowest BCUT2D eigenvalue weighted by atomic mass is 10.2. The first-order valence-corrected chi connectivity index (χ1v) is 8.12. The van der Waals surface area contributed by atoms with Crippen molar-refractivity contribution in [2.24, 2.45) is 0 Å². The van der Waals surface area contributed by atoms with Crippen molar-refractivity contribution in [1.82, 2.24) is 5.32 Å². The molecule has 126 valence electrons. The van der Waals surface area contributed by atoms with Crippen molar-refractivity contribution in [3.63, 3.8) is 0 Å².